The number of benzene rings is 2. The molecule has 150 valence electrons. The molecule has 0 atom stereocenters. The van der Waals surface area contributed by atoms with Crippen LogP contribution in [0.15, 0.2) is 41.9 Å². The van der Waals surface area contributed by atoms with Crippen molar-refractivity contribution in [1.29, 1.82) is 0 Å². The summed E-state index contributed by atoms with van der Waals surface area (Å²) in [5, 5.41) is 1.19. The highest BCUT2D eigenvalue weighted by Gasteiger charge is 2.20. The highest BCUT2D eigenvalue weighted by molar-refractivity contribution is 8.76. The van der Waals surface area contributed by atoms with Gasteiger partial charge in [-0.2, -0.15) is 20.0 Å². The van der Waals surface area contributed by atoms with Gasteiger partial charge in [0.15, 0.2) is 0 Å². The Morgan fingerprint density at radius 3 is 1.50 bits per heavy atom. The summed E-state index contributed by atoms with van der Waals surface area (Å²) in [6.45, 7) is 0. The summed E-state index contributed by atoms with van der Waals surface area (Å²) in [4.78, 5) is 40.5. The molecule has 0 radical (unpaired) electrons. The summed E-state index contributed by atoms with van der Waals surface area (Å²) >= 11 is 0. The molecule has 0 spiro atoms. The van der Waals surface area contributed by atoms with Gasteiger partial charge < -0.3 is 20.9 Å². The second kappa shape index (κ2) is 7.69. The van der Waals surface area contributed by atoms with E-state index in [1.165, 1.54) is 26.4 Å². The number of nitrogen functional groups attached to an aromatic ring is 2. The summed E-state index contributed by atoms with van der Waals surface area (Å²) < 4.78 is 10.0. The van der Waals surface area contributed by atoms with Crippen LogP contribution in [0.3, 0.4) is 0 Å². The van der Waals surface area contributed by atoms with E-state index in [0.717, 1.165) is 21.6 Å². The third-order valence-electron chi connectivity index (χ3n) is 4.18. The smallest absolute Gasteiger partial charge is 0.317 e. The van der Waals surface area contributed by atoms with Crippen LogP contribution in [0.25, 0.3) is 0 Å². The Balaban J connectivity index is 1.79. The predicted octanol–water partition coefficient (Wildman–Crippen LogP) is -0.809. The number of hydrogen-bond acceptors (Lipinski definition) is 12. The lowest BCUT2D eigenvalue weighted by molar-refractivity contribution is 0.397. The van der Waals surface area contributed by atoms with Gasteiger partial charge in [-0.3, -0.25) is 0 Å². The van der Waals surface area contributed by atoms with Crippen LogP contribution in [0.2, 0.25) is 0 Å². The maximum atomic E-state index is 11.5. The molecule has 0 saturated carbocycles. The van der Waals surface area contributed by atoms with E-state index in [9.17, 15) is 9.59 Å². The van der Waals surface area contributed by atoms with E-state index in [1.54, 1.807) is 0 Å². The SMILES string of the molecule is COC1=Nc2cc(=C=O)c(SSc3c(N)c4c(cc3=C=O)N=C(OC)N=4)c(N)c2=N1. The van der Waals surface area contributed by atoms with Gasteiger partial charge in [0.2, 0.25) is 0 Å². The van der Waals surface area contributed by atoms with Crippen molar-refractivity contribution in [2.45, 2.75) is 9.79 Å². The fourth-order valence-corrected chi connectivity index (χ4v) is 5.27. The Kier molecular flexibility index (Phi) is 5.06. The first-order chi connectivity index (χ1) is 14.5. The van der Waals surface area contributed by atoms with Crippen molar-refractivity contribution < 1.29 is 19.1 Å². The topological polar surface area (TPSA) is 154 Å². The monoisotopic (exact) mass is 440 g/mol. The molecule has 4 rings (SSSR count). The Hall–Kier alpha value is -3.56. The van der Waals surface area contributed by atoms with Crippen LogP contribution < -0.4 is 32.6 Å². The fraction of sp³-hybridized carbons (Fsp3) is 0.111. The van der Waals surface area contributed by atoms with Crippen molar-refractivity contribution >= 4 is 68.3 Å². The predicted molar refractivity (Wildman–Crippen MR) is 113 cm³/mol. The summed E-state index contributed by atoms with van der Waals surface area (Å²) in [5.74, 6) is 3.71. The quantitative estimate of drug-likeness (QED) is 0.464. The van der Waals surface area contributed by atoms with Crippen molar-refractivity contribution in [2.24, 2.45) is 20.0 Å². The second-order valence-electron chi connectivity index (χ2n) is 5.86. The fourth-order valence-electron chi connectivity index (χ4n) is 2.77. The number of anilines is 2. The highest BCUT2D eigenvalue weighted by Crippen LogP contribution is 2.38. The third-order valence-corrected chi connectivity index (χ3v) is 6.72. The van der Waals surface area contributed by atoms with Gasteiger partial charge in [0.1, 0.15) is 22.6 Å². The van der Waals surface area contributed by atoms with E-state index in [1.807, 2.05) is 11.9 Å². The molecule has 12 heteroatoms. The van der Waals surface area contributed by atoms with Crippen LogP contribution in [-0.4, -0.2) is 38.1 Å². The first kappa shape index (κ1) is 19.7. The number of carbonyl (C=O) groups excluding carboxylic acids is 2. The van der Waals surface area contributed by atoms with Crippen LogP contribution >= 0.6 is 21.6 Å². The number of nitrogens with two attached hydrogens (primary N) is 2. The molecule has 0 aromatic heterocycles. The Labute approximate surface area is 176 Å². The Morgan fingerprint density at radius 1 is 0.767 bits per heavy atom. The van der Waals surface area contributed by atoms with Gasteiger partial charge in [-0.05, 0) is 33.7 Å². The van der Waals surface area contributed by atoms with Gasteiger partial charge >= 0.3 is 12.0 Å². The van der Waals surface area contributed by atoms with Gasteiger partial charge in [0, 0.05) is 0 Å². The van der Waals surface area contributed by atoms with Crippen LogP contribution in [0.5, 0.6) is 0 Å². The van der Waals surface area contributed by atoms with Gasteiger partial charge in [-0.1, -0.05) is 0 Å². The maximum Gasteiger partial charge on any atom is 0.317 e. The zero-order chi connectivity index (χ0) is 21.4. The zero-order valence-corrected chi connectivity index (χ0v) is 17.2. The van der Waals surface area contributed by atoms with E-state index in [-0.39, 0.29) is 33.9 Å². The number of methoxy groups -OCH3 is 2. The minimum Gasteiger partial charge on any atom is -0.467 e. The summed E-state index contributed by atoms with van der Waals surface area (Å²) in [5.41, 5.74) is 13.8. The zero-order valence-electron chi connectivity index (χ0n) is 15.5. The largest absolute Gasteiger partial charge is 0.467 e. The Morgan fingerprint density at radius 2 is 1.17 bits per heavy atom. The minimum atomic E-state index is 0.139. The molecule has 4 N–H and O–H groups in total. The van der Waals surface area contributed by atoms with Crippen LogP contribution in [-0.2, 0) is 19.1 Å². The summed E-state index contributed by atoms with van der Waals surface area (Å²) in [7, 11) is 5.12. The molecule has 0 aliphatic carbocycles. The van der Waals surface area contributed by atoms with E-state index in [0.29, 0.717) is 31.9 Å². The average Bonchev–Trinajstić information content (AvgIpc) is 3.37. The molecular weight excluding hydrogens is 428 g/mol. The standard InChI is InChI=1S/C18H12N6O4S2/c1-27-17-21-9-3-7(5-25)15(11(19)13(9)23-17)29-30-16-8(6-26)4-10-14(12(16)20)24-18(22-10)28-2/h3-4H,19-20H2,1-2H3. The number of nitrogens with zero attached hydrogens (tertiary/aromatic N) is 4. The number of fused-ring (bicyclic) bond motifs is 2. The van der Waals surface area contributed by atoms with E-state index < -0.39 is 0 Å². The minimum absolute atomic E-state index is 0.139. The molecule has 2 heterocycles. The van der Waals surface area contributed by atoms with Crippen molar-refractivity contribution in [3.8, 4) is 0 Å². The lowest BCUT2D eigenvalue weighted by Gasteiger charge is -2.08. The summed E-state index contributed by atoms with van der Waals surface area (Å²) in [6, 6.07) is 3.31. The molecule has 0 fully saturated rings. The van der Waals surface area contributed by atoms with Gasteiger partial charge in [-0.25, -0.2) is 9.59 Å². The molecule has 0 bridgehead atoms. The van der Waals surface area contributed by atoms with E-state index >= 15 is 0 Å². The second-order valence-corrected chi connectivity index (χ2v) is 8.01. The van der Waals surface area contributed by atoms with Crippen molar-refractivity contribution in [1.82, 2.24) is 0 Å². The number of hydrogen-bond donors (Lipinski definition) is 2. The first-order valence-corrected chi connectivity index (χ1v) is 10.4. The van der Waals surface area contributed by atoms with E-state index in [2.05, 4.69) is 20.0 Å². The third kappa shape index (κ3) is 3.14. The lowest BCUT2D eigenvalue weighted by Crippen LogP contribution is -2.20. The highest BCUT2D eigenvalue weighted by atomic mass is 33.1. The van der Waals surface area contributed by atoms with Gasteiger partial charge in [-0.15, -0.1) is 0 Å². The normalized spacial score (nSPS) is 13.1. The molecule has 30 heavy (non-hydrogen) atoms. The van der Waals surface area contributed by atoms with Gasteiger partial charge in [0.25, 0.3) is 0 Å². The van der Waals surface area contributed by atoms with Crippen molar-refractivity contribution in [3.63, 3.8) is 0 Å². The van der Waals surface area contributed by atoms with E-state index in [4.69, 9.17) is 20.9 Å². The van der Waals surface area contributed by atoms with Crippen molar-refractivity contribution in [2.75, 3.05) is 25.7 Å². The average molecular weight is 440 g/mol. The lowest BCUT2D eigenvalue weighted by atomic mass is 10.2. The first-order valence-electron chi connectivity index (χ1n) is 8.23. The molecule has 2 aliphatic rings. The number of aliphatic imine (C=N–C) groups is 2. The number of amidine groups is 2. The van der Waals surface area contributed by atoms with Crippen LogP contribution in [0.4, 0.5) is 22.7 Å². The molecule has 10 nitrogen and oxygen atoms in total. The Bertz CT molecular complexity index is 1350. The molecule has 0 unspecified atom stereocenters. The number of rotatable bonds is 3. The molecule has 2 aliphatic heterocycles. The molecule has 0 amide bonds. The van der Waals surface area contributed by atoms with Crippen molar-refractivity contribution in [3.05, 3.63) is 33.3 Å². The maximum absolute atomic E-state index is 11.5. The molecule has 2 aromatic carbocycles. The number of ether oxygens (including phenoxy) is 2. The summed E-state index contributed by atoms with van der Waals surface area (Å²) in [6.07, 6.45) is 0. The molecule has 0 saturated heterocycles. The van der Waals surface area contributed by atoms with Crippen LogP contribution in [0, 0.1) is 0 Å². The molecular formula is C18H12N6O4S2. The van der Waals surface area contributed by atoms with Gasteiger partial charge in [0.05, 0.1) is 57.2 Å². The molecule has 2 aromatic rings. The van der Waals surface area contributed by atoms with Crippen LogP contribution in [0.1, 0.15) is 0 Å².